The number of fused-ring (bicyclic) bond motifs is 1. The Hall–Kier alpha value is -2.76. The fourth-order valence-corrected chi connectivity index (χ4v) is 2.75. The van der Waals surface area contributed by atoms with Crippen LogP contribution in [0.3, 0.4) is 0 Å². The summed E-state index contributed by atoms with van der Waals surface area (Å²) in [7, 11) is 0. The van der Waals surface area contributed by atoms with Gasteiger partial charge in [0.25, 0.3) is 0 Å². The summed E-state index contributed by atoms with van der Waals surface area (Å²) in [4.78, 5) is 35.4. The van der Waals surface area contributed by atoms with Gasteiger partial charge in [0, 0.05) is 24.5 Å². The summed E-state index contributed by atoms with van der Waals surface area (Å²) < 4.78 is 1.51. The molecule has 1 saturated carbocycles. The Kier molecular flexibility index (Phi) is 3.29. The number of rotatable bonds is 4. The first kappa shape index (κ1) is 13.9. The summed E-state index contributed by atoms with van der Waals surface area (Å²) in [5, 5.41) is 0. The number of H-pyrrole nitrogens is 1. The molecule has 0 amide bonds. The lowest BCUT2D eigenvalue weighted by Gasteiger charge is -2.10. The molecular formula is C17H16N4O2. The Balaban J connectivity index is 1.87. The summed E-state index contributed by atoms with van der Waals surface area (Å²) in [6.45, 7) is 0.535. The molecule has 0 bridgehead atoms. The highest BCUT2D eigenvalue weighted by Gasteiger charge is 2.21. The highest BCUT2D eigenvalue weighted by molar-refractivity contribution is 5.74. The minimum Gasteiger partial charge on any atom is -0.315 e. The zero-order valence-electron chi connectivity index (χ0n) is 12.5. The van der Waals surface area contributed by atoms with Crippen LogP contribution < -0.4 is 11.1 Å². The van der Waals surface area contributed by atoms with Gasteiger partial charge < -0.3 is 4.98 Å². The molecule has 6 heteroatoms. The Bertz CT molecular complexity index is 971. The smallest absolute Gasteiger partial charge is 0.315 e. The van der Waals surface area contributed by atoms with Crippen LogP contribution in [0.15, 0.2) is 46.2 Å². The molecule has 0 atom stereocenters. The molecule has 116 valence electrons. The molecule has 1 aliphatic rings. The van der Waals surface area contributed by atoms with Gasteiger partial charge in [0.1, 0.15) is 0 Å². The fourth-order valence-electron chi connectivity index (χ4n) is 2.75. The van der Waals surface area contributed by atoms with Gasteiger partial charge >= 0.3 is 11.1 Å². The average molecular weight is 308 g/mol. The van der Waals surface area contributed by atoms with E-state index in [9.17, 15) is 9.59 Å². The normalized spacial score (nSPS) is 14.3. The molecular weight excluding hydrogens is 292 g/mol. The van der Waals surface area contributed by atoms with Crippen molar-refractivity contribution >= 4 is 11.2 Å². The molecule has 4 rings (SSSR count). The van der Waals surface area contributed by atoms with Crippen LogP contribution in [0.25, 0.3) is 22.4 Å². The van der Waals surface area contributed by atoms with Crippen LogP contribution in [-0.4, -0.2) is 19.5 Å². The third-order valence-electron chi connectivity index (χ3n) is 4.23. The second-order valence-electron chi connectivity index (χ2n) is 5.95. The van der Waals surface area contributed by atoms with Gasteiger partial charge in [0.15, 0.2) is 5.65 Å². The summed E-state index contributed by atoms with van der Waals surface area (Å²) in [5.74, 6) is 0.678. The molecule has 0 unspecified atom stereocenters. The minimum absolute atomic E-state index is 0.525. The molecule has 1 fully saturated rings. The van der Waals surface area contributed by atoms with E-state index in [0.29, 0.717) is 23.6 Å². The largest absolute Gasteiger partial charge is 0.317 e. The van der Waals surface area contributed by atoms with Crippen molar-refractivity contribution in [3.05, 3.63) is 57.4 Å². The van der Waals surface area contributed by atoms with E-state index < -0.39 is 11.1 Å². The van der Waals surface area contributed by atoms with Crippen molar-refractivity contribution in [1.29, 1.82) is 0 Å². The van der Waals surface area contributed by atoms with Crippen LogP contribution in [0.1, 0.15) is 19.3 Å². The number of hydrogen-bond acceptors (Lipinski definition) is 4. The summed E-state index contributed by atoms with van der Waals surface area (Å²) in [6.07, 6.45) is 6.77. The van der Waals surface area contributed by atoms with Gasteiger partial charge in [-0.05, 0) is 36.6 Å². The van der Waals surface area contributed by atoms with Crippen LogP contribution >= 0.6 is 0 Å². The van der Waals surface area contributed by atoms with Crippen molar-refractivity contribution < 1.29 is 0 Å². The monoisotopic (exact) mass is 308 g/mol. The van der Waals surface area contributed by atoms with Gasteiger partial charge in [0.2, 0.25) is 0 Å². The second-order valence-corrected chi connectivity index (χ2v) is 5.95. The van der Waals surface area contributed by atoms with Crippen LogP contribution in [0, 0.1) is 5.92 Å². The zero-order chi connectivity index (χ0) is 15.8. The van der Waals surface area contributed by atoms with Crippen molar-refractivity contribution in [1.82, 2.24) is 19.5 Å². The first-order valence-electron chi connectivity index (χ1n) is 7.76. The maximum atomic E-state index is 12.2. The number of nitrogens with one attached hydrogen (secondary N) is 1. The predicted octanol–water partition coefficient (Wildman–Crippen LogP) is 1.95. The number of hydrogen-bond donors (Lipinski definition) is 1. The van der Waals surface area contributed by atoms with Crippen LogP contribution in [0.4, 0.5) is 0 Å². The van der Waals surface area contributed by atoms with Gasteiger partial charge in [-0.2, -0.15) is 0 Å². The van der Waals surface area contributed by atoms with Crippen molar-refractivity contribution in [3.63, 3.8) is 0 Å². The molecule has 1 N–H and O–H groups in total. The fraction of sp³-hybridized carbons (Fsp3) is 0.294. The number of aryl methyl sites for hydroxylation is 1. The SMILES string of the molecule is O=c1[nH]c2ccc(-c3cccnc3)nc2n(CCC2CC2)c1=O. The van der Waals surface area contributed by atoms with E-state index in [2.05, 4.69) is 15.0 Å². The van der Waals surface area contributed by atoms with E-state index in [0.717, 1.165) is 17.7 Å². The second kappa shape index (κ2) is 5.46. The van der Waals surface area contributed by atoms with Gasteiger partial charge in [0.05, 0.1) is 11.2 Å². The van der Waals surface area contributed by atoms with Gasteiger partial charge in [-0.25, -0.2) is 4.98 Å². The van der Waals surface area contributed by atoms with Gasteiger partial charge in [-0.1, -0.05) is 12.8 Å². The Labute approximate surface area is 131 Å². The van der Waals surface area contributed by atoms with E-state index >= 15 is 0 Å². The molecule has 0 radical (unpaired) electrons. The first-order valence-corrected chi connectivity index (χ1v) is 7.76. The van der Waals surface area contributed by atoms with E-state index in [-0.39, 0.29) is 0 Å². The molecule has 0 aromatic carbocycles. The molecule has 1 aliphatic carbocycles. The third kappa shape index (κ3) is 2.67. The van der Waals surface area contributed by atoms with Gasteiger partial charge in [-0.15, -0.1) is 0 Å². The van der Waals surface area contributed by atoms with E-state index in [4.69, 9.17) is 0 Å². The minimum atomic E-state index is -0.593. The van der Waals surface area contributed by atoms with Crippen LogP contribution in [0.2, 0.25) is 0 Å². The quantitative estimate of drug-likeness (QED) is 0.747. The van der Waals surface area contributed by atoms with Crippen LogP contribution in [0.5, 0.6) is 0 Å². The summed E-state index contributed by atoms with van der Waals surface area (Å²) in [6, 6.07) is 7.37. The lowest BCUT2D eigenvalue weighted by molar-refractivity contribution is 0.588. The highest BCUT2D eigenvalue weighted by Crippen LogP contribution is 2.32. The summed E-state index contributed by atoms with van der Waals surface area (Å²) in [5.41, 5.74) is 1.59. The molecule has 3 heterocycles. The Morgan fingerprint density at radius 2 is 2.09 bits per heavy atom. The Morgan fingerprint density at radius 1 is 1.22 bits per heavy atom. The summed E-state index contributed by atoms with van der Waals surface area (Å²) >= 11 is 0. The average Bonchev–Trinajstić information content (AvgIpc) is 3.40. The standard InChI is InChI=1S/C17H16N4O2/c22-16-17(23)21(9-7-11-3-4-11)15-14(20-16)6-5-13(19-15)12-2-1-8-18-10-12/h1-2,5-6,8,10-11H,3-4,7,9H2,(H,20,22). The van der Waals surface area contributed by atoms with Crippen molar-refractivity contribution in [2.24, 2.45) is 5.92 Å². The Morgan fingerprint density at radius 3 is 2.83 bits per heavy atom. The maximum absolute atomic E-state index is 12.2. The number of pyridine rings is 2. The van der Waals surface area contributed by atoms with Crippen LogP contribution in [-0.2, 0) is 6.54 Å². The van der Waals surface area contributed by atoms with E-state index in [1.165, 1.54) is 17.4 Å². The topological polar surface area (TPSA) is 80.6 Å². The predicted molar refractivity (Wildman–Crippen MR) is 87.2 cm³/mol. The molecule has 23 heavy (non-hydrogen) atoms. The molecule has 0 aliphatic heterocycles. The molecule has 6 nitrogen and oxygen atoms in total. The molecule has 3 aromatic rings. The lowest BCUT2D eigenvalue weighted by atomic mass is 10.2. The number of aromatic amines is 1. The van der Waals surface area contributed by atoms with Crippen molar-refractivity contribution in [3.8, 4) is 11.3 Å². The highest BCUT2D eigenvalue weighted by atomic mass is 16.2. The molecule has 0 saturated heterocycles. The van der Waals surface area contributed by atoms with Crippen molar-refractivity contribution in [2.75, 3.05) is 0 Å². The molecule has 0 spiro atoms. The van der Waals surface area contributed by atoms with Crippen molar-refractivity contribution in [2.45, 2.75) is 25.8 Å². The first-order chi connectivity index (χ1) is 11.2. The number of aromatic nitrogens is 4. The van der Waals surface area contributed by atoms with E-state index in [1.807, 2.05) is 18.2 Å². The zero-order valence-corrected chi connectivity index (χ0v) is 12.5. The van der Waals surface area contributed by atoms with Gasteiger partial charge in [-0.3, -0.25) is 19.1 Å². The third-order valence-corrected chi connectivity index (χ3v) is 4.23. The van der Waals surface area contributed by atoms with E-state index in [1.54, 1.807) is 18.5 Å². The maximum Gasteiger partial charge on any atom is 0.317 e. The lowest BCUT2D eigenvalue weighted by Crippen LogP contribution is -2.36. The number of nitrogens with zero attached hydrogens (tertiary/aromatic N) is 3. The molecule has 3 aromatic heterocycles.